The summed E-state index contributed by atoms with van der Waals surface area (Å²) in [6.07, 6.45) is 4.11. The summed E-state index contributed by atoms with van der Waals surface area (Å²) >= 11 is 3.75. The van der Waals surface area contributed by atoms with E-state index >= 15 is 0 Å². The maximum Gasteiger partial charge on any atom is 0.328 e. The van der Waals surface area contributed by atoms with Crippen LogP contribution in [0.5, 0.6) is 0 Å². The zero-order chi connectivity index (χ0) is 14.6. The molecule has 0 atom stereocenters. The van der Waals surface area contributed by atoms with Gasteiger partial charge < -0.3 is 5.11 Å². The van der Waals surface area contributed by atoms with E-state index in [0.717, 1.165) is 25.2 Å². The Bertz CT molecular complexity index is 494. The van der Waals surface area contributed by atoms with E-state index in [2.05, 4.69) is 18.7 Å². The summed E-state index contributed by atoms with van der Waals surface area (Å²) in [6.45, 7) is 7.77. The molecule has 0 aromatic carbocycles. The molecular weight excluding hydrogens is 290 g/mol. The van der Waals surface area contributed by atoms with Gasteiger partial charge in [0.05, 0.1) is 0 Å². The highest BCUT2D eigenvalue weighted by atomic mass is 32.2. The molecule has 1 aromatic heterocycles. The molecule has 1 aliphatic rings. The van der Waals surface area contributed by atoms with Crippen molar-refractivity contribution in [1.29, 1.82) is 0 Å². The zero-order valence-electron chi connectivity index (χ0n) is 12.0. The molecule has 0 amide bonds. The Morgan fingerprint density at radius 2 is 2.30 bits per heavy atom. The van der Waals surface area contributed by atoms with E-state index in [1.54, 1.807) is 17.4 Å². The first-order chi connectivity index (χ1) is 9.46. The molecule has 2 heterocycles. The van der Waals surface area contributed by atoms with Crippen LogP contribution in [0.4, 0.5) is 0 Å². The number of hydrogen-bond acceptors (Lipinski definition) is 4. The van der Waals surface area contributed by atoms with Crippen LogP contribution in [-0.4, -0.2) is 39.6 Å². The first-order valence-electron chi connectivity index (χ1n) is 6.80. The van der Waals surface area contributed by atoms with Crippen molar-refractivity contribution in [2.24, 2.45) is 0 Å². The Hall–Kier alpha value is -0.780. The molecule has 3 nitrogen and oxygen atoms in total. The standard InChI is InChI=1S/C15H21NO2S2/c1-15(2)6-7-16(8-10-20-15)11-13-12(5-9-19-13)3-4-14(17)18/h3-5,9H,6-8,10-11H2,1-2H3,(H,17,18)/b4-3+. The lowest BCUT2D eigenvalue weighted by Crippen LogP contribution is -2.26. The van der Waals surface area contributed by atoms with Gasteiger partial charge in [0.1, 0.15) is 0 Å². The minimum absolute atomic E-state index is 0.371. The first-order valence-corrected chi connectivity index (χ1v) is 8.66. The Labute approximate surface area is 128 Å². The van der Waals surface area contributed by atoms with Crippen LogP contribution in [0.25, 0.3) is 6.08 Å². The third-order valence-corrected chi connectivity index (χ3v) is 5.78. The number of carboxylic acid groups (broad SMARTS) is 1. The summed E-state index contributed by atoms with van der Waals surface area (Å²) in [7, 11) is 0. The smallest absolute Gasteiger partial charge is 0.328 e. The van der Waals surface area contributed by atoms with E-state index in [4.69, 9.17) is 5.11 Å². The molecule has 1 aliphatic heterocycles. The van der Waals surface area contributed by atoms with E-state index in [-0.39, 0.29) is 0 Å². The largest absolute Gasteiger partial charge is 0.478 e. The second-order valence-electron chi connectivity index (χ2n) is 5.60. The normalized spacial score (nSPS) is 20.1. The van der Waals surface area contributed by atoms with Crippen LogP contribution in [0.1, 0.15) is 30.7 Å². The van der Waals surface area contributed by atoms with E-state index in [1.807, 2.05) is 23.2 Å². The summed E-state index contributed by atoms with van der Waals surface area (Å²) in [5.74, 6) is 0.272. The highest BCUT2D eigenvalue weighted by Crippen LogP contribution is 2.31. The summed E-state index contributed by atoms with van der Waals surface area (Å²) in [6, 6.07) is 2.00. The van der Waals surface area contributed by atoms with Crippen molar-refractivity contribution in [2.75, 3.05) is 18.8 Å². The number of rotatable bonds is 4. The van der Waals surface area contributed by atoms with Crippen LogP contribution in [0, 0.1) is 0 Å². The van der Waals surface area contributed by atoms with E-state index in [1.165, 1.54) is 23.1 Å². The lowest BCUT2D eigenvalue weighted by molar-refractivity contribution is -0.131. The number of carboxylic acids is 1. The topological polar surface area (TPSA) is 40.5 Å². The quantitative estimate of drug-likeness (QED) is 0.863. The summed E-state index contributed by atoms with van der Waals surface area (Å²) < 4.78 is 0.371. The Kier molecular flexibility index (Phi) is 5.29. The highest BCUT2D eigenvalue weighted by molar-refractivity contribution is 8.00. The number of nitrogens with zero attached hydrogens (tertiary/aromatic N) is 1. The fourth-order valence-corrected chi connectivity index (χ4v) is 4.26. The van der Waals surface area contributed by atoms with E-state index in [9.17, 15) is 4.79 Å². The summed E-state index contributed by atoms with van der Waals surface area (Å²) in [5.41, 5.74) is 1.04. The lowest BCUT2D eigenvalue weighted by Gasteiger charge is -2.22. The number of carbonyl (C=O) groups is 1. The monoisotopic (exact) mass is 311 g/mol. The second kappa shape index (κ2) is 6.78. The van der Waals surface area contributed by atoms with Gasteiger partial charge in [-0.05, 0) is 36.1 Å². The van der Waals surface area contributed by atoms with Crippen LogP contribution in [0.15, 0.2) is 17.5 Å². The molecule has 0 bridgehead atoms. The Balaban J connectivity index is 2.00. The molecule has 0 radical (unpaired) electrons. The fourth-order valence-electron chi connectivity index (χ4n) is 2.21. The number of thiophene rings is 1. The molecule has 5 heteroatoms. The highest BCUT2D eigenvalue weighted by Gasteiger charge is 2.23. The van der Waals surface area contributed by atoms with Gasteiger partial charge in [0, 0.05) is 34.5 Å². The van der Waals surface area contributed by atoms with Gasteiger partial charge in [-0.25, -0.2) is 4.79 Å². The van der Waals surface area contributed by atoms with Gasteiger partial charge in [0.25, 0.3) is 0 Å². The van der Waals surface area contributed by atoms with Crippen LogP contribution >= 0.6 is 23.1 Å². The molecule has 0 unspecified atom stereocenters. The predicted molar refractivity (Wildman–Crippen MR) is 87.4 cm³/mol. The number of hydrogen-bond donors (Lipinski definition) is 1. The minimum atomic E-state index is -0.893. The van der Waals surface area contributed by atoms with Gasteiger partial charge in [-0.1, -0.05) is 13.8 Å². The van der Waals surface area contributed by atoms with Crippen LogP contribution in [-0.2, 0) is 11.3 Å². The third kappa shape index (κ3) is 4.65. The molecule has 20 heavy (non-hydrogen) atoms. The van der Waals surface area contributed by atoms with Gasteiger partial charge in [-0.3, -0.25) is 4.90 Å². The molecule has 1 N–H and O–H groups in total. The van der Waals surface area contributed by atoms with Gasteiger partial charge in [0.15, 0.2) is 0 Å². The SMILES string of the molecule is CC1(C)CCN(Cc2sccc2/C=C/C(=O)O)CCS1. The minimum Gasteiger partial charge on any atom is -0.478 e. The van der Waals surface area contributed by atoms with Crippen molar-refractivity contribution in [2.45, 2.75) is 31.6 Å². The average molecular weight is 311 g/mol. The number of thioether (sulfide) groups is 1. The Morgan fingerprint density at radius 1 is 1.50 bits per heavy atom. The molecule has 0 aliphatic carbocycles. The van der Waals surface area contributed by atoms with Crippen LogP contribution in [0.3, 0.4) is 0 Å². The molecule has 0 saturated carbocycles. The lowest BCUT2D eigenvalue weighted by atomic mass is 10.1. The van der Waals surface area contributed by atoms with Crippen molar-refractivity contribution < 1.29 is 9.90 Å². The van der Waals surface area contributed by atoms with Crippen LogP contribution < -0.4 is 0 Å². The molecule has 0 spiro atoms. The predicted octanol–water partition coefficient (Wildman–Crippen LogP) is 3.56. The molecule has 1 fully saturated rings. The molecule has 1 aromatic rings. The molecular formula is C15H21NO2S2. The van der Waals surface area contributed by atoms with Gasteiger partial charge in [-0.15, -0.1) is 11.3 Å². The Morgan fingerprint density at radius 3 is 3.05 bits per heavy atom. The fraction of sp³-hybridized carbons (Fsp3) is 0.533. The summed E-state index contributed by atoms with van der Waals surface area (Å²) in [4.78, 5) is 14.4. The van der Waals surface area contributed by atoms with Gasteiger partial charge in [0.2, 0.25) is 0 Å². The first kappa shape index (κ1) is 15.6. The van der Waals surface area contributed by atoms with Crippen LogP contribution in [0.2, 0.25) is 0 Å². The van der Waals surface area contributed by atoms with Gasteiger partial charge >= 0.3 is 5.97 Å². The number of aliphatic carboxylic acids is 1. The maximum absolute atomic E-state index is 10.6. The molecule has 110 valence electrons. The van der Waals surface area contributed by atoms with Crippen molar-refractivity contribution in [1.82, 2.24) is 4.90 Å². The van der Waals surface area contributed by atoms with Crippen molar-refractivity contribution in [3.05, 3.63) is 28.0 Å². The van der Waals surface area contributed by atoms with Crippen molar-refractivity contribution in [3.8, 4) is 0 Å². The van der Waals surface area contributed by atoms with Crippen molar-refractivity contribution >= 4 is 35.1 Å². The zero-order valence-corrected chi connectivity index (χ0v) is 13.6. The second-order valence-corrected chi connectivity index (χ2v) is 8.41. The maximum atomic E-state index is 10.6. The average Bonchev–Trinajstić information content (AvgIpc) is 2.72. The van der Waals surface area contributed by atoms with Crippen molar-refractivity contribution in [3.63, 3.8) is 0 Å². The summed E-state index contributed by atoms with van der Waals surface area (Å²) in [5, 5.41) is 10.8. The van der Waals surface area contributed by atoms with Gasteiger partial charge in [-0.2, -0.15) is 11.8 Å². The van der Waals surface area contributed by atoms with E-state index in [0.29, 0.717) is 4.75 Å². The van der Waals surface area contributed by atoms with E-state index < -0.39 is 5.97 Å². The molecule has 2 rings (SSSR count). The molecule has 1 saturated heterocycles. The third-order valence-electron chi connectivity index (χ3n) is 3.48.